The molecule has 2 heterocycles. The second kappa shape index (κ2) is 8.27. The van der Waals surface area contributed by atoms with E-state index in [2.05, 4.69) is 60.3 Å². The number of carbonyl (C=O) groups is 1. The zero-order valence-electron chi connectivity index (χ0n) is 17.7. The van der Waals surface area contributed by atoms with Crippen molar-refractivity contribution in [2.45, 2.75) is 49.4 Å². The molecule has 31 heavy (non-hydrogen) atoms. The molecule has 2 aromatic heterocycles. The van der Waals surface area contributed by atoms with Crippen LogP contribution in [0.1, 0.15) is 64.8 Å². The van der Waals surface area contributed by atoms with Crippen LogP contribution in [0.5, 0.6) is 0 Å². The highest BCUT2D eigenvalue weighted by atomic mass is 32.2. The second-order valence-electron chi connectivity index (χ2n) is 8.36. The lowest BCUT2D eigenvalue weighted by atomic mass is 9.81. The second-order valence-corrected chi connectivity index (χ2v) is 9.31. The lowest BCUT2D eigenvalue weighted by Gasteiger charge is -2.23. The predicted molar refractivity (Wildman–Crippen MR) is 123 cm³/mol. The molecule has 1 aliphatic rings. The van der Waals surface area contributed by atoms with E-state index in [1.54, 1.807) is 22.5 Å². The van der Waals surface area contributed by atoms with Crippen molar-refractivity contribution < 1.29 is 4.79 Å². The van der Waals surface area contributed by atoms with E-state index in [-0.39, 0.29) is 11.7 Å². The van der Waals surface area contributed by atoms with E-state index in [0.29, 0.717) is 28.8 Å². The molecule has 0 amide bonds. The van der Waals surface area contributed by atoms with E-state index in [1.807, 2.05) is 18.2 Å². The van der Waals surface area contributed by atoms with Gasteiger partial charge in [0.15, 0.2) is 5.78 Å². The lowest BCUT2D eigenvalue weighted by molar-refractivity contribution is 0.0962. The minimum absolute atomic E-state index is 0.127. The van der Waals surface area contributed by atoms with Crippen LogP contribution in [0.2, 0.25) is 0 Å². The normalized spacial score (nSPS) is 16.1. The Bertz CT molecular complexity index is 1230. The fourth-order valence-corrected chi connectivity index (χ4v) is 4.82. The Morgan fingerprint density at radius 2 is 1.81 bits per heavy atom. The molecule has 5 nitrogen and oxygen atoms in total. The van der Waals surface area contributed by atoms with Gasteiger partial charge in [-0.3, -0.25) is 4.79 Å². The lowest BCUT2D eigenvalue weighted by Crippen LogP contribution is -2.21. The van der Waals surface area contributed by atoms with Crippen molar-refractivity contribution >= 4 is 23.3 Å². The summed E-state index contributed by atoms with van der Waals surface area (Å²) in [5.41, 5.74) is 5.24. The SMILES string of the molecule is CC(C)c1ccc([C@H]2CC(=O)c3cn4nc(SCc5ccccc5)nc4nc3C2)cc1. The van der Waals surface area contributed by atoms with Gasteiger partial charge in [0.05, 0.1) is 11.3 Å². The van der Waals surface area contributed by atoms with Crippen LogP contribution in [-0.4, -0.2) is 25.4 Å². The molecule has 6 heteroatoms. The fraction of sp³-hybridized carbons (Fsp3) is 0.280. The van der Waals surface area contributed by atoms with Crippen molar-refractivity contribution in [2.24, 2.45) is 0 Å². The summed E-state index contributed by atoms with van der Waals surface area (Å²) in [5, 5.41) is 5.20. The first-order chi connectivity index (χ1) is 15.1. The Labute approximate surface area is 185 Å². The van der Waals surface area contributed by atoms with Gasteiger partial charge in [-0.2, -0.15) is 4.98 Å². The third kappa shape index (κ3) is 4.12. The third-order valence-electron chi connectivity index (χ3n) is 5.85. The predicted octanol–water partition coefficient (Wildman–Crippen LogP) is 5.45. The van der Waals surface area contributed by atoms with Crippen LogP contribution in [0.4, 0.5) is 0 Å². The molecule has 0 radical (unpaired) electrons. The Hall–Kier alpha value is -2.99. The van der Waals surface area contributed by atoms with E-state index >= 15 is 0 Å². The Morgan fingerprint density at radius 1 is 1.03 bits per heavy atom. The van der Waals surface area contributed by atoms with Crippen LogP contribution in [-0.2, 0) is 12.2 Å². The first-order valence-corrected chi connectivity index (χ1v) is 11.6. The molecule has 5 rings (SSSR count). The van der Waals surface area contributed by atoms with Gasteiger partial charge in [-0.15, -0.1) is 5.10 Å². The van der Waals surface area contributed by atoms with Gasteiger partial charge < -0.3 is 0 Å². The molecule has 0 bridgehead atoms. The summed E-state index contributed by atoms with van der Waals surface area (Å²) in [6.45, 7) is 4.38. The van der Waals surface area contributed by atoms with Crippen molar-refractivity contribution in [1.29, 1.82) is 0 Å². The van der Waals surface area contributed by atoms with Crippen molar-refractivity contribution in [2.75, 3.05) is 0 Å². The van der Waals surface area contributed by atoms with Crippen molar-refractivity contribution in [3.05, 3.63) is 88.7 Å². The average molecular weight is 429 g/mol. The number of benzene rings is 2. The van der Waals surface area contributed by atoms with Crippen LogP contribution in [0.3, 0.4) is 0 Å². The minimum Gasteiger partial charge on any atom is -0.294 e. The van der Waals surface area contributed by atoms with Gasteiger partial charge >= 0.3 is 0 Å². The number of hydrogen-bond acceptors (Lipinski definition) is 5. The fourth-order valence-electron chi connectivity index (χ4n) is 4.04. The topological polar surface area (TPSA) is 60.2 Å². The van der Waals surface area contributed by atoms with Crippen LogP contribution < -0.4 is 0 Å². The highest BCUT2D eigenvalue weighted by molar-refractivity contribution is 7.98. The molecule has 0 fully saturated rings. The highest BCUT2D eigenvalue weighted by Crippen LogP contribution is 2.33. The Morgan fingerprint density at radius 3 is 2.55 bits per heavy atom. The van der Waals surface area contributed by atoms with Gasteiger partial charge in [0.25, 0.3) is 5.78 Å². The standard InChI is InChI=1S/C25H24N4OS/c1-16(2)18-8-10-19(11-9-18)20-12-22-21(23(30)13-20)14-29-24(26-22)27-25(28-29)31-15-17-6-4-3-5-7-17/h3-11,14,16,20H,12-13,15H2,1-2H3/t20-/m1/s1. The maximum atomic E-state index is 12.9. The monoisotopic (exact) mass is 428 g/mol. The van der Waals surface area contributed by atoms with Crippen molar-refractivity contribution in [1.82, 2.24) is 19.6 Å². The smallest absolute Gasteiger partial charge is 0.253 e. The Balaban J connectivity index is 1.38. The van der Waals surface area contributed by atoms with E-state index in [0.717, 1.165) is 17.9 Å². The van der Waals surface area contributed by atoms with Crippen LogP contribution in [0, 0.1) is 0 Å². The van der Waals surface area contributed by atoms with Gasteiger partial charge in [0.2, 0.25) is 5.16 Å². The summed E-state index contributed by atoms with van der Waals surface area (Å²) in [6, 6.07) is 18.9. The molecule has 0 unspecified atom stereocenters. The molecule has 0 aliphatic heterocycles. The summed E-state index contributed by atoms with van der Waals surface area (Å²) in [4.78, 5) is 22.2. The first-order valence-electron chi connectivity index (χ1n) is 10.6. The van der Waals surface area contributed by atoms with E-state index < -0.39 is 0 Å². The molecule has 0 spiro atoms. The maximum Gasteiger partial charge on any atom is 0.253 e. The van der Waals surface area contributed by atoms with Crippen molar-refractivity contribution in [3.63, 3.8) is 0 Å². The average Bonchev–Trinajstić information content (AvgIpc) is 3.19. The summed E-state index contributed by atoms with van der Waals surface area (Å²) in [7, 11) is 0. The molecule has 0 N–H and O–H groups in total. The molecular formula is C25H24N4OS. The van der Waals surface area contributed by atoms with Crippen LogP contribution >= 0.6 is 11.8 Å². The number of ketones is 1. The zero-order valence-corrected chi connectivity index (χ0v) is 18.5. The molecule has 4 aromatic rings. The number of Topliss-reactive ketones (excluding diaryl/α,β-unsaturated/α-hetero) is 1. The molecular weight excluding hydrogens is 404 g/mol. The number of carbonyl (C=O) groups excluding carboxylic acids is 1. The number of rotatable bonds is 5. The first kappa shape index (κ1) is 19.9. The summed E-state index contributed by atoms with van der Waals surface area (Å²) < 4.78 is 1.64. The van der Waals surface area contributed by atoms with Gasteiger partial charge in [0, 0.05) is 18.4 Å². The van der Waals surface area contributed by atoms with Gasteiger partial charge in [-0.25, -0.2) is 9.50 Å². The number of fused-ring (bicyclic) bond motifs is 2. The Kier molecular flexibility index (Phi) is 5.32. The summed E-state index contributed by atoms with van der Waals surface area (Å²) in [6.07, 6.45) is 3.06. The molecule has 2 aromatic carbocycles. The van der Waals surface area contributed by atoms with E-state index in [4.69, 9.17) is 4.98 Å². The summed E-state index contributed by atoms with van der Waals surface area (Å²) >= 11 is 1.58. The highest BCUT2D eigenvalue weighted by Gasteiger charge is 2.28. The number of aromatic nitrogens is 4. The number of hydrogen-bond donors (Lipinski definition) is 0. The van der Waals surface area contributed by atoms with Gasteiger partial charge in [0.1, 0.15) is 0 Å². The quantitative estimate of drug-likeness (QED) is 0.396. The molecule has 1 aliphatic carbocycles. The minimum atomic E-state index is 0.127. The molecule has 0 saturated carbocycles. The third-order valence-corrected chi connectivity index (χ3v) is 6.76. The van der Waals surface area contributed by atoms with E-state index in [9.17, 15) is 4.79 Å². The molecule has 0 saturated heterocycles. The van der Waals surface area contributed by atoms with Crippen LogP contribution in [0.15, 0.2) is 66.0 Å². The van der Waals surface area contributed by atoms with E-state index in [1.165, 1.54) is 16.7 Å². The molecule has 1 atom stereocenters. The number of nitrogens with zero attached hydrogens (tertiary/aromatic N) is 4. The van der Waals surface area contributed by atoms with Crippen LogP contribution in [0.25, 0.3) is 5.78 Å². The van der Waals surface area contributed by atoms with Gasteiger partial charge in [-0.1, -0.05) is 80.2 Å². The molecule has 156 valence electrons. The van der Waals surface area contributed by atoms with Gasteiger partial charge in [-0.05, 0) is 34.9 Å². The van der Waals surface area contributed by atoms with Crippen molar-refractivity contribution in [3.8, 4) is 0 Å². The largest absolute Gasteiger partial charge is 0.294 e. The zero-order chi connectivity index (χ0) is 21.4. The number of thioether (sulfide) groups is 1. The summed E-state index contributed by atoms with van der Waals surface area (Å²) in [5.74, 6) is 2.14. The maximum absolute atomic E-state index is 12.9.